The quantitative estimate of drug-likeness (QED) is 0.756. The number of rotatable bonds is 4. The Labute approximate surface area is 92.4 Å². The van der Waals surface area contributed by atoms with E-state index >= 15 is 0 Å². The van der Waals surface area contributed by atoms with Crippen molar-refractivity contribution in [2.45, 2.75) is 50.8 Å². The normalized spacial score (nSPS) is 21.9. The van der Waals surface area contributed by atoms with Gasteiger partial charge in [-0.1, -0.05) is 33.1 Å². The zero-order valence-corrected chi connectivity index (χ0v) is 10.4. The molecule has 0 saturated heterocycles. The number of hydrogen-bond acceptors (Lipinski definition) is 3. The van der Waals surface area contributed by atoms with Gasteiger partial charge in [0.05, 0.1) is 0 Å². The van der Waals surface area contributed by atoms with Crippen LogP contribution in [-0.4, -0.2) is 35.8 Å². The van der Waals surface area contributed by atoms with Crippen LogP contribution in [0.3, 0.4) is 0 Å². The lowest BCUT2D eigenvalue weighted by Crippen LogP contribution is -2.55. The lowest BCUT2D eigenvalue weighted by atomic mass is 9.93. The molecule has 0 spiro atoms. The van der Waals surface area contributed by atoms with Gasteiger partial charge in [0, 0.05) is 0 Å². The number of nitrogens with zero attached hydrogens (tertiary/aromatic N) is 1. The van der Waals surface area contributed by atoms with E-state index in [1.54, 1.807) is 0 Å². The second kappa shape index (κ2) is 4.80. The maximum Gasteiger partial charge on any atom is 0.284 e. The maximum absolute atomic E-state index is 11.6. The van der Waals surface area contributed by atoms with Gasteiger partial charge >= 0.3 is 0 Å². The zero-order valence-electron chi connectivity index (χ0n) is 9.57. The van der Waals surface area contributed by atoms with Crippen molar-refractivity contribution in [1.82, 2.24) is 4.90 Å². The third-order valence-electron chi connectivity index (χ3n) is 3.45. The lowest BCUT2D eigenvalue weighted by molar-refractivity contribution is 0.121. The first-order valence-electron chi connectivity index (χ1n) is 5.70. The van der Waals surface area contributed by atoms with Crippen molar-refractivity contribution >= 4 is 10.1 Å². The third-order valence-corrected chi connectivity index (χ3v) is 5.08. The summed E-state index contributed by atoms with van der Waals surface area (Å²) in [7, 11) is -3.98. The van der Waals surface area contributed by atoms with Crippen LogP contribution in [0.4, 0.5) is 0 Å². The minimum absolute atomic E-state index is 0.563. The van der Waals surface area contributed by atoms with E-state index in [9.17, 15) is 13.0 Å². The number of hydrogen-bond donors (Lipinski definition) is 1. The zero-order chi connectivity index (χ0) is 11.5. The van der Waals surface area contributed by atoms with Gasteiger partial charge in [-0.3, -0.25) is 9.45 Å². The van der Waals surface area contributed by atoms with Gasteiger partial charge in [0.1, 0.15) is 4.87 Å². The van der Waals surface area contributed by atoms with E-state index < -0.39 is 15.0 Å². The minimum atomic E-state index is -3.98. The summed E-state index contributed by atoms with van der Waals surface area (Å²) in [6.45, 7) is 5.20. The molecule has 0 bridgehead atoms. The Hall–Kier alpha value is -0.130. The summed E-state index contributed by atoms with van der Waals surface area (Å²) in [6.07, 6.45) is 3.96. The lowest BCUT2D eigenvalue weighted by Gasteiger charge is -2.42. The van der Waals surface area contributed by atoms with Crippen molar-refractivity contribution in [2.75, 3.05) is 13.1 Å². The van der Waals surface area contributed by atoms with Gasteiger partial charge in [-0.05, 0) is 25.9 Å². The Morgan fingerprint density at radius 2 is 1.60 bits per heavy atom. The van der Waals surface area contributed by atoms with Gasteiger partial charge in [0.2, 0.25) is 0 Å². The average Bonchev–Trinajstić information content (AvgIpc) is 2.19. The summed E-state index contributed by atoms with van der Waals surface area (Å²) in [5, 5.41) is 0. The van der Waals surface area contributed by atoms with Crippen molar-refractivity contribution in [3.8, 4) is 0 Å². The van der Waals surface area contributed by atoms with Crippen LogP contribution in [-0.2, 0) is 10.1 Å². The molecule has 15 heavy (non-hydrogen) atoms. The van der Waals surface area contributed by atoms with E-state index in [-0.39, 0.29) is 0 Å². The molecule has 0 radical (unpaired) electrons. The third kappa shape index (κ3) is 2.34. The summed E-state index contributed by atoms with van der Waals surface area (Å²) in [6, 6.07) is 0. The van der Waals surface area contributed by atoms with E-state index in [0.717, 1.165) is 19.3 Å². The SMILES string of the molecule is CCN(CC)C1(S(=O)(=O)O)CCCCC1. The molecule has 0 unspecified atom stereocenters. The van der Waals surface area contributed by atoms with E-state index in [4.69, 9.17) is 0 Å². The first kappa shape index (κ1) is 12.9. The predicted octanol–water partition coefficient (Wildman–Crippen LogP) is 1.88. The van der Waals surface area contributed by atoms with E-state index in [1.165, 1.54) is 0 Å². The van der Waals surface area contributed by atoms with Crippen molar-refractivity contribution in [3.63, 3.8) is 0 Å². The van der Waals surface area contributed by atoms with Gasteiger partial charge in [-0.15, -0.1) is 0 Å². The summed E-state index contributed by atoms with van der Waals surface area (Å²) < 4.78 is 32.6. The van der Waals surface area contributed by atoms with Crippen LogP contribution in [0.25, 0.3) is 0 Å². The van der Waals surface area contributed by atoms with Crippen molar-refractivity contribution in [3.05, 3.63) is 0 Å². The summed E-state index contributed by atoms with van der Waals surface area (Å²) >= 11 is 0. The Morgan fingerprint density at radius 1 is 1.13 bits per heavy atom. The van der Waals surface area contributed by atoms with Gasteiger partial charge in [0.15, 0.2) is 0 Å². The monoisotopic (exact) mass is 235 g/mol. The molecule has 0 aromatic carbocycles. The van der Waals surface area contributed by atoms with Crippen LogP contribution >= 0.6 is 0 Å². The second-order valence-electron chi connectivity index (χ2n) is 4.15. The molecule has 1 fully saturated rings. The van der Waals surface area contributed by atoms with Crippen LogP contribution in [0.2, 0.25) is 0 Å². The van der Waals surface area contributed by atoms with Gasteiger partial charge in [-0.2, -0.15) is 8.42 Å². The molecule has 5 heteroatoms. The van der Waals surface area contributed by atoms with E-state index in [0.29, 0.717) is 25.9 Å². The fourth-order valence-electron chi connectivity index (χ4n) is 2.64. The molecule has 1 saturated carbocycles. The molecule has 0 atom stereocenters. The standard InChI is InChI=1S/C10H21NO3S/c1-3-11(4-2)10(15(12,13)14)8-6-5-7-9-10/h3-9H2,1-2H3,(H,12,13,14). The second-order valence-corrected chi connectivity index (χ2v) is 5.86. The molecule has 90 valence electrons. The molecule has 0 aliphatic heterocycles. The Balaban J connectivity index is 3.05. The molecule has 0 heterocycles. The van der Waals surface area contributed by atoms with Crippen molar-refractivity contribution in [1.29, 1.82) is 0 Å². The highest BCUT2D eigenvalue weighted by molar-refractivity contribution is 7.87. The molecule has 1 aliphatic rings. The molecule has 0 aromatic heterocycles. The maximum atomic E-state index is 11.6. The molecular formula is C10H21NO3S. The molecule has 1 rings (SSSR count). The van der Waals surface area contributed by atoms with Crippen LogP contribution in [0.15, 0.2) is 0 Å². The minimum Gasteiger partial charge on any atom is -0.284 e. The summed E-state index contributed by atoms with van der Waals surface area (Å²) in [5.41, 5.74) is 0. The topological polar surface area (TPSA) is 57.6 Å². The Morgan fingerprint density at radius 3 is 1.93 bits per heavy atom. The van der Waals surface area contributed by atoms with Crippen LogP contribution in [0.1, 0.15) is 46.0 Å². The highest BCUT2D eigenvalue weighted by atomic mass is 32.2. The van der Waals surface area contributed by atoms with E-state index in [2.05, 4.69) is 0 Å². The molecule has 0 amide bonds. The van der Waals surface area contributed by atoms with Gasteiger partial charge in [0.25, 0.3) is 10.1 Å². The molecule has 1 N–H and O–H groups in total. The van der Waals surface area contributed by atoms with Crippen LogP contribution < -0.4 is 0 Å². The van der Waals surface area contributed by atoms with Crippen LogP contribution in [0, 0.1) is 0 Å². The first-order chi connectivity index (χ1) is 6.98. The Kier molecular flexibility index (Phi) is 4.14. The smallest absolute Gasteiger partial charge is 0.284 e. The van der Waals surface area contributed by atoms with Gasteiger partial charge in [-0.25, -0.2) is 0 Å². The molecule has 4 nitrogen and oxygen atoms in total. The molecular weight excluding hydrogens is 214 g/mol. The van der Waals surface area contributed by atoms with Crippen LogP contribution in [0.5, 0.6) is 0 Å². The average molecular weight is 235 g/mol. The fourth-order valence-corrected chi connectivity index (χ4v) is 4.03. The molecule has 0 aromatic rings. The highest BCUT2D eigenvalue weighted by Crippen LogP contribution is 2.37. The fraction of sp³-hybridized carbons (Fsp3) is 1.00. The highest BCUT2D eigenvalue weighted by Gasteiger charge is 2.47. The van der Waals surface area contributed by atoms with Crippen molar-refractivity contribution in [2.24, 2.45) is 0 Å². The Bertz CT molecular complexity index is 290. The first-order valence-corrected chi connectivity index (χ1v) is 7.14. The van der Waals surface area contributed by atoms with E-state index in [1.807, 2.05) is 18.7 Å². The largest absolute Gasteiger partial charge is 0.284 e. The van der Waals surface area contributed by atoms with Crippen molar-refractivity contribution < 1.29 is 13.0 Å². The summed E-state index contributed by atoms with van der Waals surface area (Å²) in [4.78, 5) is 0.871. The molecule has 1 aliphatic carbocycles. The summed E-state index contributed by atoms with van der Waals surface area (Å²) in [5.74, 6) is 0. The van der Waals surface area contributed by atoms with Gasteiger partial charge < -0.3 is 0 Å². The predicted molar refractivity (Wildman–Crippen MR) is 60.3 cm³/mol.